The number of pyridine rings is 1. The Balaban J connectivity index is 3.01. The fraction of sp³-hybridized carbons (Fsp3) is 0.533. The van der Waals surface area contributed by atoms with E-state index in [1.807, 2.05) is 26.8 Å². The van der Waals surface area contributed by atoms with Crippen LogP contribution in [-0.2, 0) is 9.53 Å². The molecule has 19 heavy (non-hydrogen) atoms. The number of aryl methyl sites for hydroxylation is 2. The number of unbranched alkanes of at least 4 members (excludes halogenated alkanes) is 1. The molecule has 1 heterocycles. The summed E-state index contributed by atoms with van der Waals surface area (Å²) in [6, 6.07) is 1.90. The van der Waals surface area contributed by atoms with Crippen molar-refractivity contribution in [3.8, 4) is 0 Å². The Morgan fingerprint density at radius 2 is 2.05 bits per heavy atom. The molecule has 104 valence electrons. The fourth-order valence-electron chi connectivity index (χ4n) is 2.04. The van der Waals surface area contributed by atoms with Crippen molar-refractivity contribution in [1.82, 2.24) is 4.98 Å². The fourth-order valence-corrected chi connectivity index (χ4v) is 2.04. The lowest BCUT2D eigenvalue weighted by molar-refractivity contribution is -0.143. The third-order valence-electron chi connectivity index (χ3n) is 3.10. The van der Waals surface area contributed by atoms with E-state index in [4.69, 9.17) is 4.74 Å². The summed E-state index contributed by atoms with van der Waals surface area (Å²) in [4.78, 5) is 28.3. The summed E-state index contributed by atoms with van der Waals surface area (Å²) >= 11 is 0. The Morgan fingerprint density at radius 3 is 2.58 bits per heavy atom. The van der Waals surface area contributed by atoms with E-state index < -0.39 is 11.9 Å². The van der Waals surface area contributed by atoms with Crippen molar-refractivity contribution in [2.45, 2.75) is 40.0 Å². The quantitative estimate of drug-likeness (QED) is 0.450. The second-order valence-corrected chi connectivity index (χ2v) is 4.76. The molecule has 0 aliphatic heterocycles. The number of nitrogens with zero attached hydrogens (tertiary/aromatic N) is 1. The number of ether oxygens (including phenoxy) is 1. The van der Waals surface area contributed by atoms with Gasteiger partial charge in [-0.25, -0.2) is 0 Å². The molecule has 1 rings (SSSR count). The van der Waals surface area contributed by atoms with Crippen molar-refractivity contribution >= 4 is 11.8 Å². The molecule has 0 saturated carbocycles. The van der Waals surface area contributed by atoms with Crippen LogP contribution in [0.25, 0.3) is 0 Å². The summed E-state index contributed by atoms with van der Waals surface area (Å²) in [5.74, 6) is -1.45. The van der Waals surface area contributed by atoms with Crippen molar-refractivity contribution < 1.29 is 14.3 Å². The maximum absolute atomic E-state index is 12.4. The molecule has 1 unspecified atom stereocenters. The highest BCUT2D eigenvalue weighted by Gasteiger charge is 2.29. The summed E-state index contributed by atoms with van der Waals surface area (Å²) < 4.78 is 4.73. The Kier molecular flexibility index (Phi) is 5.67. The van der Waals surface area contributed by atoms with Gasteiger partial charge in [0.2, 0.25) is 0 Å². The van der Waals surface area contributed by atoms with Crippen LogP contribution in [-0.4, -0.2) is 23.8 Å². The highest BCUT2D eigenvalue weighted by Crippen LogP contribution is 2.18. The maximum Gasteiger partial charge on any atom is 0.316 e. The molecule has 0 radical (unpaired) electrons. The third-order valence-corrected chi connectivity index (χ3v) is 3.10. The smallest absolute Gasteiger partial charge is 0.316 e. The van der Waals surface area contributed by atoms with Crippen molar-refractivity contribution in [2.24, 2.45) is 5.92 Å². The van der Waals surface area contributed by atoms with Crippen molar-refractivity contribution in [2.75, 3.05) is 7.11 Å². The molecule has 0 amide bonds. The van der Waals surface area contributed by atoms with Gasteiger partial charge < -0.3 is 4.74 Å². The minimum Gasteiger partial charge on any atom is -0.468 e. The first kappa shape index (κ1) is 15.3. The Morgan fingerprint density at radius 1 is 1.37 bits per heavy atom. The molecule has 0 fully saturated rings. The first-order valence-electron chi connectivity index (χ1n) is 6.56. The van der Waals surface area contributed by atoms with E-state index in [1.165, 1.54) is 7.11 Å². The first-order valence-corrected chi connectivity index (χ1v) is 6.56. The molecule has 1 atom stereocenters. The minimum atomic E-state index is -0.737. The van der Waals surface area contributed by atoms with Crippen LogP contribution >= 0.6 is 0 Å². The van der Waals surface area contributed by atoms with Gasteiger partial charge in [-0.1, -0.05) is 25.8 Å². The molecule has 1 aromatic rings. The van der Waals surface area contributed by atoms with Gasteiger partial charge in [0, 0.05) is 6.20 Å². The average molecular weight is 263 g/mol. The van der Waals surface area contributed by atoms with Crippen LogP contribution in [0, 0.1) is 19.8 Å². The molecule has 0 aliphatic rings. The van der Waals surface area contributed by atoms with Gasteiger partial charge >= 0.3 is 5.97 Å². The molecule has 0 aliphatic carbocycles. The number of hydrogen-bond donors (Lipinski definition) is 0. The largest absolute Gasteiger partial charge is 0.468 e. The number of hydrogen-bond acceptors (Lipinski definition) is 4. The van der Waals surface area contributed by atoms with Crippen LogP contribution in [0.5, 0.6) is 0 Å². The number of methoxy groups -OCH3 is 1. The van der Waals surface area contributed by atoms with Gasteiger partial charge in [-0.05, 0) is 31.4 Å². The summed E-state index contributed by atoms with van der Waals surface area (Å²) in [5, 5.41) is 0. The molecule has 4 heteroatoms. The number of rotatable bonds is 6. The van der Waals surface area contributed by atoms with Gasteiger partial charge in [0.25, 0.3) is 0 Å². The van der Waals surface area contributed by atoms with Gasteiger partial charge in [0.1, 0.15) is 11.6 Å². The van der Waals surface area contributed by atoms with Crippen LogP contribution in [0.15, 0.2) is 12.3 Å². The number of ketones is 1. The Bertz CT molecular complexity index is 468. The standard InChI is InChI=1S/C15H21NO3/c1-5-6-7-12(15(18)19-4)14(17)13-11(3)8-10(2)9-16-13/h8-9,12H,5-7H2,1-4H3. The molecule has 4 nitrogen and oxygen atoms in total. The number of Topliss-reactive ketones (excluding diaryl/α,β-unsaturated/α-hetero) is 1. The zero-order chi connectivity index (χ0) is 14.4. The summed E-state index contributed by atoms with van der Waals surface area (Å²) in [7, 11) is 1.31. The van der Waals surface area contributed by atoms with Crippen molar-refractivity contribution in [3.05, 3.63) is 29.1 Å². The molecule has 0 bridgehead atoms. The van der Waals surface area contributed by atoms with Gasteiger partial charge in [0.05, 0.1) is 7.11 Å². The summed E-state index contributed by atoms with van der Waals surface area (Å²) in [5.41, 5.74) is 2.17. The van der Waals surface area contributed by atoms with E-state index in [0.29, 0.717) is 12.1 Å². The van der Waals surface area contributed by atoms with Crippen LogP contribution in [0.1, 0.15) is 47.8 Å². The molecule has 0 spiro atoms. The van der Waals surface area contributed by atoms with Gasteiger partial charge in [-0.15, -0.1) is 0 Å². The van der Waals surface area contributed by atoms with Crippen LogP contribution in [0.4, 0.5) is 0 Å². The lowest BCUT2D eigenvalue weighted by Gasteiger charge is -2.14. The predicted octanol–water partition coefficient (Wildman–Crippen LogP) is 2.86. The topological polar surface area (TPSA) is 56.3 Å². The van der Waals surface area contributed by atoms with Crippen LogP contribution < -0.4 is 0 Å². The molecule has 0 saturated heterocycles. The van der Waals surface area contributed by atoms with E-state index in [2.05, 4.69) is 4.98 Å². The van der Waals surface area contributed by atoms with E-state index >= 15 is 0 Å². The zero-order valence-electron chi connectivity index (χ0n) is 12.0. The van der Waals surface area contributed by atoms with Crippen LogP contribution in [0.3, 0.4) is 0 Å². The highest BCUT2D eigenvalue weighted by atomic mass is 16.5. The predicted molar refractivity (Wildman–Crippen MR) is 73.1 cm³/mol. The highest BCUT2D eigenvalue weighted by molar-refractivity contribution is 6.08. The summed E-state index contributed by atoms with van der Waals surface area (Å²) in [6.07, 6.45) is 3.91. The molecule has 0 aromatic carbocycles. The first-order chi connectivity index (χ1) is 9.01. The van der Waals surface area contributed by atoms with E-state index in [0.717, 1.165) is 24.0 Å². The number of carbonyl (C=O) groups excluding carboxylic acids is 2. The minimum absolute atomic E-state index is 0.238. The van der Waals surface area contributed by atoms with Gasteiger partial charge in [-0.2, -0.15) is 0 Å². The van der Waals surface area contributed by atoms with Crippen molar-refractivity contribution in [1.29, 1.82) is 0 Å². The molecule has 0 N–H and O–H groups in total. The second kappa shape index (κ2) is 7.02. The SMILES string of the molecule is CCCCC(C(=O)OC)C(=O)c1ncc(C)cc1C. The number of carbonyl (C=O) groups is 2. The Labute approximate surface area is 114 Å². The number of esters is 1. The van der Waals surface area contributed by atoms with Crippen molar-refractivity contribution in [3.63, 3.8) is 0 Å². The molecular weight excluding hydrogens is 242 g/mol. The Hall–Kier alpha value is -1.71. The van der Waals surface area contributed by atoms with Gasteiger partial charge in [0.15, 0.2) is 5.78 Å². The molecular formula is C15H21NO3. The lowest BCUT2D eigenvalue weighted by atomic mass is 9.93. The van der Waals surface area contributed by atoms with E-state index in [9.17, 15) is 9.59 Å². The third kappa shape index (κ3) is 3.88. The average Bonchev–Trinajstić information content (AvgIpc) is 2.38. The summed E-state index contributed by atoms with van der Waals surface area (Å²) in [6.45, 7) is 5.78. The monoisotopic (exact) mass is 263 g/mol. The zero-order valence-corrected chi connectivity index (χ0v) is 12.0. The maximum atomic E-state index is 12.4. The number of aromatic nitrogens is 1. The van der Waals surface area contributed by atoms with E-state index in [1.54, 1.807) is 6.20 Å². The lowest BCUT2D eigenvalue weighted by Crippen LogP contribution is -2.27. The molecule has 1 aromatic heterocycles. The normalized spacial score (nSPS) is 12.0. The van der Waals surface area contributed by atoms with Gasteiger partial charge in [-0.3, -0.25) is 14.6 Å². The van der Waals surface area contributed by atoms with Crippen LogP contribution in [0.2, 0.25) is 0 Å². The second-order valence-electron chi connectivity index (χ2n) is 4.76. The van der Waals surface area contributed by atoms with E-state index in [-0.39, 0.29) is 5.78 Å².